The molecule has 0 aliphatic rings. The van der Waals surface area contributed by atoms with Crippen LogP contribution in [0.25, 0.3) is 16.6 Å². The summed E-state index contributed by atoms with van der Waals surface area (Å²) in [6.07, 6.45) is 0.314. The lowest BCUT2D eigenvalue weighted by Gasteiger charge is -2.23. The molecule has 4 aromatic rings. The number of hydrogen-bond donors (Lipinski definition) is 3. The van der Waals surface area contributed by atoms with Crippen LogP contribution >= 0.6 is 11.6 Å². The third kappa shape index (κ3) is 4.06. The predicted octanol–water partition coefficient (Wildman–Crippen LogP) is 3.71. The number of nitrogens with two attached hydrogens (primary N) is 2. The Balaban J connectivity index is 2.01. The van der Waals surface area contributed by atoms with Crippen molar-refractivity contribution in [2.45, 2.75) is 19.4 Å². The first-order valence-corrected chi connectivity index (χ1v) is 10.4. The van der Waals surface area contributed by atoms with Gasteiger partial charge < -0.3 is 16.8 Å². The van der Waals surface area contributed by atoms with Crippen LogP contribution in [-0.2, 0) is 0 Å². The average Bonchev–Trinajstić information content (AvgIpc) is 2.77. The fourth-order valence-electron chi connectivity index (χ4n) is 3.57. The Morgan fingerprint density at radius 1 is 1.18 bits per heavy atom. The Hall–Kier alpha value is -4.30. The molecule has 0 saturated heterocycles. The third-order valence-corrected chi connectivity index (χ3v) is 5.38. The van der Waals surface area contributed by atoms with Crippen LogP contribution in [0.4, 0.5) is 26.4 Å². The minimum absolute atomic E-state index is 0.0184. The molecular weight excluding hydrogens is 466 g/mol. The molecular formula is C22H17ClF2N8O. The van der Waals surface area contributed by atoms with E-state index in [4.69, 9.17) is 23.1 Å². The zero-order chi connectivity index (χ0) is 24.6. The summed E-state index contributed by atoms with van der Waals surface area (Å²) in [6.45, 7) is 1.77. The van der Waals surface area contributed by atoms with Crippen molar-refractivity contribution in [1.82, 2.24) is 19.5 Å². The van der Waals surface area contributed by atoms with E-state index in [0.29, 0.717) is 12.5 Å². The Labute approximate surface area is 196 Å². The van der Waals surface area contributed by atoms with E-state index in [9.17, 15) is 18.8 Å². The summed E-state index contributed by atoms with van der Waals surface area (Å²) in [6, 6.07) is 8.51. The second-order valence-corrected chi connectivity index (χ2v) is 7.69. The van der Waals surface area contributed by atoms with Crippen molar-refractivity contribution in [2.24, 2.45) is 0 Å². The van der Waals surface area contributed by atoms with Gasteiger partial charge in [-0.25, -0.2) is 13.8 Å². The van der Waals surface area contributed by atoms with Crippen molar-refractivity contribution in [3.8, 4) is 11.8 Å². The standard InChI is InChI=1S/C22H17ClF2N8O/c1-2-16(29-19-14(9-26)18(27)31-22(28)32-19)20-30-17-13(4-3-5-15(17)23)21(34)33(20)12-7-10(24)6-11(25)8-12/h3-8,16H,2H2,1H3,(H5,27,28,29,31,32)/t16-/m0/s1. The summed E-state index contributed by atoms with van der Waals surface area (Å²) in [5, 5.41) is 12.9. The Bertz CT molecular complexity index is 1510. The van der Waals surface area contributed by atoms with Crippen molar-refractivity contribution in [1.29, 1.82) is 5.26 Å². The van der Waals surface area contributed by atoms with E-state index in [0.717, 1.165) is 16.7 Å². The van der Waals surface area contributed by atoms with E-state index in [1.54, 1.807) is 19.1 Å². The number of aromatic nitrogens is 4. The maximum absolute atomic E-state index is 14.1. The molecule has 0 fully saturated rings. The molecule has 0 radical (unpaired) electrons. The lowest BCUT2D eigenvalue weighted by Crippen LogP contribution is -2.29. The molecule has 2 aromatic carbocycles. The summed E-state index contributed by atoms with van der Waals surface area (Å²) >= 11 is 6.30. The molecule has 1 atom stereocenters. The van der Waals surface area contributed by atoms with E-state index in [2.05, 4.69) is 20.3 Å². The number of halogens is 3. The van der Waals surface area contributed by atoms with Crippen molar-refractivity contribution in [3.63, 3.8) is 0 Å². The van der Waals surface area contributed by atoms with Gasteiger partial charge in [0, 0.05) is 6.07 Å². The maximum atomic E-state index is 14.1. The zero-order valence-electron chi connectivity index (χ0n) is 17.7. The summed E-state index contributed by atoms with van der Waals surface area (Å²) in [5.74, 6) is -1.95. The number of fused-ring (bicyclic) bond motifs is 1. The largest absolute Gasteiger partial charge is 0.382 e. The van der Waals surface area contributed by atoms with Gasteiger partial charge in [0.1, 0.15) is 34.9 Å². The van der Waals surface area contributed by atoms with E-state index < -0.39 is 23.2 Å². The third-order valence-electron chi connectivity index (χ3n) is 5.08. The number of hydrogen-bond acceptors (Lipinski definition) is 8. The van der Waals surface area contributed by atoms with Crippen LogP contribution < -0.4 is 22.3 Å². The van der Waals surface area contributed by atoms with Crippen molar-refractivity contribution >= 4 is 40.1 Å². The second-order valence-electron chi connectivity index (χ2n) is 7.28. The Kier molecular flexibility index (Phi) is 6.00. The summed E-state index contributed by atoms with van der Waals surface area (Å²) in [4.78, 5) is 25.9. The number of anilines is 3. The molecule has 4 rings (SSSR count). The van der Waals surface area contributed by atoms with Gasteiger partial charge in [-0.05, 0) is 30.7 Å². The van der Waals surface area contributed by atoms with Gasteiger partial charge in [-0.2, -0.15) is 15.2 Å². The SMILES string of the molecule is CC[C@H](Nc1nc(N)nc(N)c1C#N)c1nc2c(Cl)cccc2c(=O)n1-c1cc(F)cc(F)c1. The first-order chi connectivity index (χ1) is 16.2. The number of benzene rings is 2. The number of nitriles is 1. The lowest BCUT2D eigenvalue weighted by molar-refractivity contribution is 0.578. The molecule has 0 saturated carbocycles. The smallest absolute Gasteiger partial charge is 0.266 e. The van der Waals surface area contributed by atoms with E-state index in [1.807, 2.05) is 6.07 Å². The quantitative estimate of drug-likeness (QED) is 0.389. The molecule has 0 aliphatic heterocycles. The zero-order valence-corrected chi connectivity index (χ0v) is 18.4. The minimum atomic E-state index is -0.872. The highest BCUT2D eigenvalue weighted by atomic mass is 35.5. The molecule has 12 heteroatoms. The maximum Gasteiger partial charge on any atom is 0.266 e. The highest BCUT2D eigenvalue weighted by Gasteiger charge is 2.24. The number of nitrogens with zero attached hydrogens (tertiary/aromatic N) is 5. The predicted molar refractivity (Wildman–Crippen MR) is 124 cm³/mol. The van der Waals surface area contributed by atoms with Gasteiger partial charge in [0.05, 0.1) is 27.7 Å². The molecule has 34 heavy (non-hydrogen) atoms. The van der Waals surface area contributed by atoms with Crippen LogP contribution in [0.15, 0.2) is 41.2 Å². The van der Waals surface area contributed by atoms with Crippen molar-refractivity contribution < 1.29 is 8.78 Å². The number of nitrogens with one attached hydrogen (secondary N) is 1. The molecule has 5 N–H and O–H groups in total. The van der Waals surface area contributed by atoms with Gasteiger partial charge in [-0.15, -0.1) is 0 Å². The van der Waals surface area contributed by atoms with Gasteiger partial charge in [0.25, 0.3) is 5.56 Å². The van der Waals surface area contributed by atoms with E-state index in [-0.39, 0.29) is 50.6 Å². The van der Waals surface area contributed by atoms with Crippen LogP contribution in [0.5, 0.6) is 0 Å². The molecule has 0 unspecified atom stereocenters. The minimum Gasteiger partial charge on any atom is -0.382 e. The molecule has 2 heterocycles. The normalized spacial score (nSPS) is 11.9. The Morgan fingerprint density at radius 3 is 2.53 bits per heavy atom. The molecule has 0 aliphatic carbocycles. The average molecular weight is 483 g/mol. The Morgan fingerprint density at radius 2 is 1.88 bits per heavy atom. The van der Waals surface area contributed by atoms with Crippen LogP contribution in [0.2, 0.25) is 5.02 Å². The molecule has 172 valence electrons. The molecule has 0 amide bonds. The van der Waals surface area contributed by atoms with Crippen molar-refractivity contribution in [2.75, 3.05) is 16.8 Å². The number of para-hydroxylation sites is 1. The topological polar surface area (TPSA) is 149 Å². The van der Waals surface area contributed by atoms with Crippen LogP contribution in [0.3, 0.4) is 0 Å². The lowest BCUT2D eigenvalue weighted by atomic mass is 10.1. The van der Waals surface area contributed by atoms with Gasteiger partial charge in [-0.1, -0.05) is 24.6 Å². The molecule has 2 aromatic heterocycles. The van der Waals surface area contributed by atoms with Gasteiger partial charge in [0.2, 0.25) is 5.95 Å². The van der Waals surface area contributed by atoms with Crippen molar-refractivity contribution in [3.05, 3.63) is 74.8 Å². The molecule has 0 spiro atoms. The number of rotatable bonds is 5. The molecule has 9 nitrogen and oxygen atoms in total. The van der Waals surface area contributed by atoms with Crippen LogP contribution in [0, 0.1) is 23.0 Å². The highest BCUT2D eigenvalue weighted by molar-refractivity contribution is 6.35. The first-order valence-electron chi connectivity index (χ1n) is 10.0. The summed E-state index contributed by atoms with van der Waals surface area (Å²) in [7, 11) is 0. The van der Waals surface area contributed by atoms with Crippen LogP contribution in [0.1, 0.15) is 30.8 Å². The van der Waals surface area contributed by atoms with E-state index >= 15 is 0 Å². The molecule has 0 bridgehead atoms. The first kappa shape index (κ1) is 22.9. The fourth-order valence-corrected chi connectivity index (χ4v) is 3.78. The summed E-state index contributed by atoms with van der Waals surface area (Å²) < 4.78 is 29.2. The fraction of sp³-hybridized carbons (Fsp3) is 0.136. The second kappa shape index (κ2) is 8.92. The van der Waals surface area contributed by atoms with E-state index in [1.165, 1.54) is 6.07 Å². The van der Waals surface area contributed by atoms with Gasteiger partial charge in [-0.3, -0.25) is 9.36 Å². The van der Waals surface area contributed by atoms with Crippen LogP contribution in [-0.4, -0.2) is 19.5 Å². The number of nitrogen functional groups attached to an aromatic ring is 2. The van der Waals surface area contributed by atoms with Gasteiger partial charge in [0.15, 0.2) is 5.82 Å². The summed E-state index contributed by atoms with van der Waals surface area (Å²) in [5.41, 5.74) is 11.0. The monoisotopic (exact) mass is 482 g/mol. The highest BCUT2D eigenvalue weighted by Crippen LogP contribution is 2.29. The van der Waals surface area contributed by atoms with Gasteiger partial charge >= 0.3 is 0 Å².